The maximum atomic E-state index is 12.0. The Labute approximate surface area is 150 Å². The minimum atomic E-state index is -0.158. The molecule has 0 bridgehead atoms. The van der Waals surface area contributed by atoms with Crippen LogP contribution in [-0.4, -0.2) is 42.6 Å². The van der Waals surface area contributed by atoms with Crippen LogP contribution in [0.25, 0.3) is 0 Å². The molecule has 1 aliphatic carbocycles. The average molecular weight is 346 g/mol. The fourth-order valence-corrected chi connectivity index (χ4v) is 3.13. The molecule has 0 saturated heterocycles. The van der Waals surface area contributed by atoms with Gasteiger partial charge in [-0.15, -0.1) is 0 Å². The quantitative estimate of drug-likeness (QED) is 0.362. The molecule has 0 aliphatic heterocycles. The number of guanidine groups is 1. The standard InChI is InChI=1S/C19H30N4O2/c1-3-20-19(23-16-6-4-5-14(2)13-16)22-12-11-21-18(25)15-7-9-17(24)10-8-15/h7-10,14,16,24H,3-6,11-13H2,1-2H3,(H,21,25)(H2,20,22,23). The van der Waals surface area contributed by atoms with Crippen LogP contribution in [0.15, 0.2) is 29.3 Å². The van der Waals surface area contributed by atoms with Crippen molar-refractivity contribution in [3.8, 4) is 5.75 Å². The van der Waals surface area contributed by atoms with Gasteiger partial charge in [0.2, 0.25) is 0 Å². The Morgan fingerprint density at radius 3 is 2.68 bits per heavy atom. The van der Waals surface area contributed by atoms with Crippen LogP contribution in [-0.2, 0) is 0 Å². The van der Waals surface area contributed by atoms with Gasteiger partial charge in [0.05, 0.1) is 6.54 Å². The zero-order valence-electron chi connectivity index (χ0n) is 15.2. The first-order valence-corrected chi connectivity index (χ1v) is 9.20. The molecule has 4 N–H and O–H groups in total. The fraction of sp³-hybridized carbons (Fsp3) is 0.579. The highest BCUT2D eigenvalue weighted by atomic mass is 16.3. The lowest BCUT2D eigenvalue weighted by Gasteiger charge is -2.28. The SMILES string of the molecule is CCNC(=NCCNC(=O)c1ccc(O)cc1)NC1CCCC(C)C1. The monoisotopic (exact) mass is 346 g/mol. The molecule has 1 saturated carbocycles. The largest absolute Gasteiger partial charge is 0.508 e. The van der Waals surface area contributed by atoms with Crippen LogP contribution in [0.2, 0.25) is 0 Å². The molecule has 2 atom stereocenters. The van der Waals surface area contributed by atoms with Crippen LogP contribution in [0, 0.1) is 5.92 Å². The predicted octanol–water partition coefficient (Wildman–Crippen LogP) is 2.26. The molecule has 2 rings (SSSR count). The van der Waals surface area contributed by atoms with Gasteiger partial charge in [-0.05, 0) is 49.9 Å². The summed E-state index contributed by atoms with van der Waals surface area (Å²) in [5, 5.41) is 18.9. The van der Waals surface area contributed by atoms with E-state index in [1.807, 2.05) is 6.92 Å². The van der Waals surface area contributed by atoms with Gasteiger partial charge in [0.1, 0.15) is 5.75 Å². The van der Waals surface area contributed by atoms with Crippen molar-refractivity contribution in [1.82, 2.24) is 16.0 Å². The van der Waals surface area contributed by atoms with E-state index in [1.54, 1.807) is 12.1 Å². The number of phenolic OH excluding ortho intramolecular Hbond substituents is 1. The summed E-state index contributed by atoms with van der Waals surface area (Å²) in [5.41, 5.74) is 0.531. The number of benzene rings is 1. The molecule has 1 aromatic rings. The van der Waals surface area contributed by atoms with Gasteiger partial charge in [-0.3, -0.25) is 9.79 Å². The summed E-state index contributed by atoms with van der Waals surface area (Å²) in [4.78, 5) is 16.6. The minimum Gasteiger partial charge on any atom is -0.508 e. The second-order valence-electron chi connectivity index (χ2n) is 6.68. The summed E-state index contributed by atoms with van der Waals surface area (Å²) < 4.78 is 0. The van der Waals surface area contributed by atoms with Crippen molar-refractivity contribution in [3.63, 3.8) is 0 Å². The van der Waals surface area contributed by atoms with E-state index in [0.29, 0.717) is 24.7 Å². The highest BCUT2D eigenvalue weighted by molar-refractivity contribution is 5.94. The van der Waals surface area contributed by atoms with Gasteiger partial charge in [-0.1, -0.05) is 19.8 Å². The molecule has 138 valence electrons. The molecule has 0 heterocycles. The lowest BCUT2D eigenvalue weighted by atomic mass is 9.87. The van der Waals surface area contributed by atoms with E-state index in [-0.39, 0.29) is 11.7 Å². The van der Waals surface area contributed by atoms with Crippen molar-refractivity contribution in [2.45, 2.75) is 45.6 Å². The van der Waals surface area contributed by atoms with Crippen molar-refractivity contribution in [2.24, 2.45) is 10.9 Å². The zero-order valence-corrected chi connectivity index (χ0v) is 15.2. The Morgan fingerprint density at radius 2 is 2.00 bits per heavy atom. The second-order valence-corrected chi connectivity index (χ2v) is 6.68. The first-order chi connectivity index (χ1) is 12.1. The highest BCUT2D eigenvalue weighted by Crippen LogP contribution is 2.23. The number of hydrogen-bond donors (Lipinski definition) is 4. The first kappa shape index (κ1) is 19.1. The molecule has 0 radical (unpaired) electrons. The van der Waals surface area contributed by atoms with E-state index in [4.69, 9.17) is 0 Å². The van der Waals surface area contributed by atoms with E-state index >= 15 is 0 Å². The van der Waals surface area contributed by atoms with Crippen LogP contribution < -0.4 is 16.0 Å². The fourth-order valence-electron chi connectivity index (χ4n) is 3.13. The van der Waals surface area contributed by atoms with Crippen molar-refractivity contribution >= 4 is 11.9 Å². The lowest BCUT2D eigenvalue weighted by Crippen LogP contribution is -2.45. The summed E-state index contributed by atoms with van der Waals surface area (Å²) in [7, 11) is 0. The summed E-state index contributed by atoms with van der Waals surface area (Å²) in [6, 6.07) is 6.69. The summed E-state index contributed by atoms with van der Waals surface area (Å²) >= 11 is 0. The number of aliphatic imine (C=N–C) groups is 1. The molecule has 25 heavy (non-hydrogen) atoms. The normalized spacial score (nSPS) is 20.8. The number of amides is 1. The highest BCUT2D eigenvalue weighted by Gasteiger charge is 2.19. The zero-order chi connectivity index (χ0) is 18.1. The van der Waals surface area contributed by atoms with Crippen LogP contribution in [0.4, 0.5) is 0 Å². The molecular formula is C19H30N4O2. The minimum absolute atomic E-state index is 0.152. The number of rotatable bonds is 6. The smallest absolute Gasteiger partial charge is 0.251 e. The van der Waals surface area contributed by atoms with Gasteiger partial charge < -0.3 is 21.1 Å². The molecule has 6 nitrogen and oxygen atoms in total. The Bertz CT molecular complexity index is 571. The lowest BCUT2D eigenvalue weighted by molar-refractivity contribution is 0.0955. The van der Waals surface area contributed by atoms with Crippen molar-refractivity contribution in [2.75, 3.05) is 19.6 Å². The molecular weight excluding hydrogens is 316 g/mol. The molecule has 1 fully saturated rings. The first-order valence-electron chi connectivity index (χ1n) is 9.20. The molecule has 2 unspecified atom stereocenters. The number of nitrogens with one attached hydrogen (secondary N) is 3. The molecule has 0 aromatic heterocycles. The third-order valence-electron chi connectivity index (χ3n) is 4.42. The van der Waals surface area contributed by atoms with Crippen LogP contribution >= 0.6 is 0 Å². The van der Waals surface area contributed by atoms with Crippen LogP contribution in [0.1, 0.15) is 49.9 Å². The van der Waals surface area contributed by atoms with Gasteiger partial charge >= 0.3 is 0 Å². The van der Waals surface area contributed by atoms with E-state index in [2.05, 4.69) is 27.9 Å². The van der Waals surface area contributed by atoms with E-state index < -0.39 is 0 Å². The van der Waals surface area contributed by atoms with Gasteiger partial charge in [-0.2, -0.15) is 0 Å². The summed E-state index contributed by atoms with van der Waals surface area (Å²) in [6.45, 7) is 6.15. The van der Waals surface area contributed by atoms with Gasteiger partial charge in [-0.25, -0.2) is 0 Å². The predicted molar refractivity (Wildman–Crippen MR) is 101 cm³/mol. The maximum absolute atomic E-state index is 12.0. The Kier molecular flexibility index (Phi) is 7.57. The number of carbonyl (C=O) groups is 1. The number of aromatic hydroxyl groups is 1. The molecule has 6 heteroatoms. The van der Waals surface area contributed by atoms with E-state index in [9.17, 15) is 9.90 Å². The Morgan fingerprint density at radius 1 is 1.24 bits per heavy atom. The van der Waals surface area contributed by atoms with Crippen LogP contribution in [0.3, 0.4) is 0 Å². The van der Waals surface area contributed by atoms with Crippen molar-refractivity contribution in [1.29, 1.82) is 0 Å². The number of carbonyl (C=O) groups excluding carboxylic acids is 1. The Hall–Kier alpha value is -2.24. The van der Waals surface area contributed by atoms with Crippen molar-refractivity contribution in [3.05, 3.63) is 29.8 Å². The molecule has 1 amide bonds. The number of nitrogens with zero attached hydrogens (tertiary/aromatic N) is 1. The van der Waals surface area contributed by atoms with Gasteiger partial charge in [0.15, 0.2) is 5.96 Å². The second kappa shape index (κ2) is 9.91. The van der Waals surface area contributed by atoms with Gasteiger partial charge in [0.25, 0.3) is 5.91 Å². The number of phenols is 1. The summed E-state index contributed by atoms with van der Waals surface area (Å²) in [5.74, 6) is 1.58. The van der Waals surface area contributed by atoms with Gasteiger partial charge in [0, 0.05) is 24.7 Å². The molecule has 0 spiro atoms. The Balaban J connectivity index is 1.78. The van der Waals surface area contributed by atoms with E-state index in [1.165, 1.54) is 37.8 Å². The molecule has 1 aliphatic rings. The third kappa shape index (κ3) is 6.64. The van der Waals surface area contributed by atoms with Crippen LogP contribution in [0.5, 0.6) is 5.75 Å². The maximum Gasteiger partial charge on any atom is 0.251 e. The topological polar surface area (TPSA) is 85.8 Å². The number of hydrogen-bond acceptors (Lipinski definition) is 3. The summed E-state index contributed by atoms with van der Waals surface area (Å²) in [6.07, 6.45) is 4.95. The molecule has 1 aromatic carbocycles. The van der Waals surface area contributed by atoms with E-state index in [0.717, 1.165) is 18.4 Å². The average Bonchev–Trinajstić information content (AvgIpc) is 2.59. The van der Waals surface area contributed by atoms with Crippen molar-refractivity contribution < 1.29 is 9.90 Å². The third-order valence-corrected chi connectivity index (χ3v) is 4.42.